The van der Waals surface area contributed by atoms with E-state index in [2.05, 4.69) is 17.5 Å². The van der Waals surface area contributed by atoms with E-state index in [1.807, 2.05) is 37.3 Å². The van der Waals surface area contributed by atoms with Gasteiger partial charge >= 0.3 is 5.97 Å². The van der Waals surface area contributed by atoms with Gasteiger partial charge < -0.3 is 18.9 Å². The summed E-state index contributed by atoms with van der Waals surface area (Å²) in [4.78, 5) is 25.2. The quantitative estimate of drug-likeness (QED) is 0.0717. The normalized spacial score (nSPS) is 10.8. The average molecular weight is 541 g/mol. The van der Waals surface area contributed by atoms with Crippen molar-refractivity contribution in [3.8, 4) is 23.0 Å². The van der Waals surface area contributed by atoms with Gasteiger partial charge in [-0.2, -0.15) is 5.10 Å². The summed E-state index contributed by atoms with van der Waals surface area (Å²) in [5.41, 5.74) is 3.40. The van der Waals surface area contributed by atoms with Crippen molar-refractivity contribution in [1.82, 2.24) is 5.43 Å². The average Bonchev–Trinajstić information content (AvgIpc) is 2.98. The number of nitrogens with one attached hydrogen (secondary N) is 1. The maximum atomic E-state index is 12.9. The molecule has 0 radical (unpaired) electrons. The Morgan fingerprint density at radius 1 is 0.800 bits per heavy atom. The number of ether oxygens (including phenoxy) is 4. The first-order valence-corrected chi connectivity index (χ1v) is 13.2. The number of carbonyl (C=O) groups is 2. The first kappa shape index (κ1) is 28.2. The van der Waals surface area contributed by atoms with Crippen LogP contribution in [0.25, 0.3) is 10.8 Å². The molecule has 0 aliphatic heterocycles. The van der Waals surface area contributed by atoms with Gasteiger partial charge in [-0.05, 0) is 78.7 Å². The topological polar surface area (TPSA) is 95.5 Å². The molecule has 8 nitrogen and oxygen atoms in total. The van der Waals surface area contributed by atoms with Crippen LogP contribution >= 0.6 is 0 Å². The number of benzene rings is 4. The minimum absolute atomic E-state index is 0.220. The Bertz CT molecular complexity index is 1450. The Morgan fingerprint density at radius 3 is 2.20 bits per heavy atom. The molecule has 1 N–H and O–H groups in total. The van der Waals surface area contributed by atoms with Gasteiger partial charge in [0.15, 0.2) is 6.61 Å². The Hall–Kier alpha value is -4.85. The summed E-state index contributed by atoms with van der Waals surface area (Å²) >= 11 is 0. The van der Waals surface area contributed by atoms with Crippen LogP contribution in [0.1, 0.15) is 42.6 Å². The number of hydrazone groups is 1. The molecule has 8 heteroatoms. The van der Waals surface area contributed by atoms with Gasteiger partial charge in [0.2, 0.25) is 0 Å². The third kappa shape index (κ3) is 7.83. The molecule has 0 bridgehead atoms. The van der Waals surface area contributed by atoms with Crippen molar-refractivity contribution in [3.05, 3.63) is 96.1 Å². The van der Waals surface area contributed by atoms with Crippen molar-refractivity contribution in [1.29, 1.82) is 0 Å². The molecule has 0 saturated carbocycles. The zero-order valence-corrected chi connectivity index (χ0v) is 22.6. The Balaban J connectivity index is 1.40. The van der Waals surface area contributed by atoms with Crippen molar-refractivity contribution in [2.24, 2.45) is 5.10 Å². The predicted molar refractivity (Wildman–Crippen MR) is 155 cm³/mol. The van der Waals surface area contributed by atoms with Crippen LogP contribution in [0.2, 0.25) is 0 Å². The highest BCUT2D eigenvalue weighted by Gasteiger charge is 2.14. The van der Waals surface area contributed by atoms with Gasteiger partial charge in [-0.25, -0.2) is 10.2 Å². The number of amides is 1. The van der Waals surface area contributed by atoms with E-state index < -0.39 is 11.9 Å². The zero-order valence-electron chi connectivity index (χ0n) is 22.6. The molecule has 0 aliphatic rings. The fourth-order valence-corrected chi connectivity index (χ4v) is 3.83. The maximum absolute atomic E-state index is 12.9. The molecule has 0 aromatic heterocycles. The number of hydrogen-bond acceptors (Lipinski definition) is 7. The van der Waals surface area contributed by atoms with Crippen molar-refractivity contribution >= 4 is 28.9 Å². The Kier molecular flexibility index (Phi) is 10.1. The SMILES string of the molecule is CCCCOc1ccc(OCC(=O)N/N=C/c2c(OC(=O)c3ccc(OCC)cc3)ccc3ccccc23)cc1. The number of esters is 1. The van der Waals surface area contributed by atoms with Crippen LogP contribution in [0.15, 0.2) is 90.0 Å². The second-order valence-corrected chi connectivity index (χ2v) is 8.80. The van der Waals surface area contributed by atoms with E-state index in [9.17, 15) is 9.59 Å². The molecule has 0 aliphatic carbocycles. The van der Waals surface area contributed by atoms with Crippen molar-refractivity contribution in [2.75, 3.05) is 19.8 Å². The lowest BCUT2D eigenvalue weighted by Crippen LogP contribution is -2.24. The number of carbonyl (C=O) groups excluding carboxylic acids is 2. The lowest BCUT2D eigenvalue weighted by molar-refractivity contribution is -0.123. The molecular formula is C32H32N2O6. The molecule has 4 aromatic carbocycles. The number of hydrogen-bond donors (Lipinski definition) is 1. The Labute approximate surface area is 233 Å². The van der Waals surface area contributed by atoms with Gasteiger partial charge in [-0.15, -0.1) is 0 Å². The van der Waals surface area contributed by atoms with Crippen LogP contribution in [0.5, 0.6) is 23.0 Å². The molecule has 0 unspecified atom stereocenters. The minimum atomic E-state index is -0.521. The van der Waals surface area contributed by atoms with Crippen molar-refractivity contribution < 1.29 is 28.5 Å². The molecule has 0 spiro atoms. The zero-order chi connectivity index (χ0) is 28.2. The predicted octanol–water partition coefficient (Wildman–Crippen LogP) is 6.17. The summed E-state index contributed by atoms with van der Waals surface area (Å²) in [6.07, 6.45) is 3.52. The van der Waals surface area contributed by atoms with E-state index >= 15 is 0 Å². The van der Waals surface area contributed by atoms with Gasteiger partial charge in [0.05, 0.1) is 25.0 Å². The molecular weight excluding hydrogens is 508 g/mol. The second kappa shape index (κ2) is 14.3. The molecule has 1 amide bonds. The van der Waals surface area contributed by atoms with Crippen LogP contribution < -0.4 is 24.4 Å². The van der Waals surface area contributed by atoms with E-state index in [4.69, 9.17) is 18.9 Å². The van der Waals surface area contributed by atoms with Gasteiger partial charge in [0.1, 0.15) is 23.0 Å². The summed E-state index contributed by atoms with van der Waals surface area (Å²) < 4.78 is 22.3. The molecule has 4 rings (SSSR count). The highest BCUT2D eigenvalue weighted by molar-refractivity contribution is 6.04. The largest absolute Gasteiger partial charge is 0.494 e. The highest BCUT2D eigenvalue weighted by Crippen LogP contribution is 2.28. The molecule has 206 valence electrons. The minimum Gasteiger partial charge on any atom is -0.494 e. The van der Waals surface area contributed by atoms with Crippen molar-refractivity contribution in [2.45, 2.75) is 26.7 Å². The van der Waals surface area contributed by atoms with Gasteiger partial charge in [0.25, 0.3) is 5.91 Å². The number of unbranched alkanes of at least 4 members (excludes halogenated alkanes) is 1. The molecule has 0 fully saturated rings. The fraction of sp³-hybridized carbons (Fsp3) is 0.219. The number of fused-ring (bicyclic) bond motifs is 1. The molecule has 4 aromatic rings. The van der Waals surface area contributed by atoms with E-state index in [0.717, 1.165) is 29.4 Å². The Morgan fingerprint density at radius 2 is 1.48 bits per heavy atom. The number of nitrogens with zero attached hydrogens (tertiary/aromatic N) is 1. The molecule has 0 saturated heterocycles. The number of rotatable bonds is 13. The summed E-state index contributed by atoms with van der Waals surface area (Å²) in [5, 5.41) is 5.85. The summed E-state index contributed by atoms with van der Waals surface area (Å²) in [6.45, 7) is 4.98. The molecule has 40 heavy (non-hydrogen) atoms. The van der Waals surface area contributed by atoms with Crippen LogP contribution in [-0.4, -0.2) is 37.9 Å². The van der Waals surface area contributed by atoms with E-state index in [1.165, 1.54) is 6.21 Å². The van der Waals surface area contributed by atoms with E-state index in [-0.39, 0.29) is 6.61 Å². The van der Waals surface area contributed by atoms with Crippen molar-refractivity contribution in [3.63, 3.8) is 0 Å². The van der Waals surface area contributed by atoms with E-state index in [1.54, 1.807) is 54.6 Å². The van der Waals surface area contributed by atoms with Crippen LogP contribution in [0, 0.1) is 0 Å². The van der Waals surface area contributed by atoms with Crippen LogP contribution in [-0.2, 0) is 4.79 Å². The lowest BCUT2D eigenvalue weighted by atomic mass is 10.0. The fourth-order valence-electron chi connectivity index (χ4n) is 3.83. The monoisotopic (exact) mass is 540 g/mol. The van der Waals surface area contributed by atoms with Gasteiger partial charge in [-0.1, -0.05) is 43.7 Å². The summed E-state index contributed by atoms with van der Waals surface area (Å²) in [7, 11) is 0. The second-order valence-electron chi connectivity index (χ2n) is 8.80. The lowest BCUT2D eigenvalue weighted by Gasteiger charge is -2.11. The first-order valence-electron chi connectivity index (χ1n) is 13.2. The maximum Gasteiger partial charge on any atom is 0.343 e. The molecule has 0 atom stereocenters. The molecule has 0 heterocycles. The summed E-state index contributed by atoms with van der Waals surface area (Å²) in [6, 6.07) is 25.0. The van der Waals surface area contributed by atoms with Crippen LogP contribution in [0.3, 0.4) is 0 Å². The first-order chi connectivity index (χ1) is 19.6. The van der Waals surface area contributed by atoms with Crippen LogP contribution in [0.4, 0.5) is 0 Å². The highest BCUT2D eigenvalue weighted by atomic mass is 16.5. The van der Waals surface area contributed by atoms with Gasteiger partial charge in [0, 0.05) is 5.56 Å². The standard InChI is InChI=1S/C32H32N2O6/c1-3-5-20-38-26-15-17-27(18-16-26)39-22-31(35)34-33-21-29-28-9-7-6-8-23(28)12-19-30(29)40-32(36)24-10-13-25(14-11-24)37-4-2/h6-19,21H,3-5,20,22H2,1-2H3,(H,34,35)/b33-21+. The smallest absolute Gasteiger partial charge is 0.343 e. The third-order valence-electron chi connectivity index (χ3n) is 5.88. The summed E-state index contributed by atoms with van der Waals surface area (Å²) in [5.74, 6) is 1.32. The third-order valence-corrected chi connectivity index (χ3v) is 5.88. The van der Waals surface area contributed by atoms with Gasteiger partial charge in [-0.3, -0.25) is 4.79 Å². The van der Waals surface area contributed by atoms with E-state index in [0.29, 0.717) is 41.6 Å².